The van der Waals surface area contributed by atoms with Gasteiger partial charge in [0.1, 0.15) is 0 Å². The van der Waals surface area contributed by atoms with Gasteiger partial charge in [0.25, 0.3) is 0 Å². The Bertz CT molecular complexity index is 608. The number of hydrogen-bond donors (Lipinski definition) is 0. The molecule has 0 spiro atoms. The molecule has 0 saturated heterocycles. The summed E-state index contributed by atoms with van der Waals surface area (Å²) in [6.07, 6.45) is 2.38. The molecule has 1 atom stereocenters. The molecule has 1 unspecified atom stereocenters. The van der Waals surface area contributed by atoms with E-state index in [1.807, 2.05) is 0 Å². The lowest BCUT2D eigenvalue weighted by molar-refractivity contribution is 0.702. The van der Waals surface area contributed by atoms with E-state index in [1.54, 1.807) is 0 Å². The normalized spacial score (nSPS) is 11.9. The third kappa shape index (κ3) is 3.23. The van der Waals surface area contributed by atoms with Gasteiger partial charge < -0.3 is 0 Å². The molecule has 0 saturated carbocycles. The van der Waals surface area contributed by atoms with Gasteiger partial charge >= 0.3 is 0 Å². The molecule has 116 valence electrons. The molecule has 0 aliphatic rings. The van der Waals surface area contributed by atoms with Crippen LogP contribution in [0.5, 0.6) is 0 Å². The zero-order valence-electron chi connectivity index (χ0n) is 13.6. The highest BCUT2D eigenvalue weighted by molar-refractivity contribution is 7.38. The van der Waals surface area contributed by atoms with Crippen molar-refractivity contribution in [2.75, 3.05) is 12.3 Å². The van der Waals surface area contributed by atoms with Crippen molar-refractivity contribution in [2.45, 2.75) is 12.3 Å². The molecule has 0 nitrogen and oxygen atoms in total. The molecule has 0 radical (unpaired) electrons. The van der Waals surface area contributed by atoms with Gasteiger partial charge in [0.2, 0.25) is 0 Å². The molecule has 1 heteroatoms. The van der Waals surface area contributed by atoms with E-state index in [0.717, 1.165) is 14.7 Å². The third-order valence-corrected chi connectivity index (χ3v) is 5.72. The van der Waals surface area contributed by atoms with E-state index in [4.69, 9.17) is 0 Å². The van der Waals surface area contributed by atoms with Gasteiger partial charge in [-0.2, -0.15) is 0 Å². The topological polar surface area (TPSA) is 0 Å². The van der Waals surface area contributed by atoms with Crippen LogP contribution in [0.15, 0.2) is 91.0 Å². The van der Waals surface area contributed by atoms with E-state index in [2.05, 4.69) is 97.9 Å². The van der Waals surface area contributed by atoms with Crippen LogP contribution in [0.3, 0.4) is 0 Å². The summed E-state index contributed by atoms with van der Waals surface area (Å²) in [6, 6.07) is 32.9. The quantitative estimate of drug-likeness (QED) is 0.403. The van der Waals surface area contributed by atoms with E-state index in [-0.39, 0.29) is 5.41 Å². The Balaban J connectivity index is 2.25. The van der Waals surface area contributed by atoms with E-state index in [1.165, 1.54) is 22.9 Å². The van der Waals surface area contributed by atoms with Crippen LogP contribution in [0.2, 0.25) is 0 Å². The van der Waals surface area contributed by atoms with Crippen LogP contribution in [0.4, 0.5) is 0 Å². The van der Waals surface area contributed by atoms with Gasteiger partial charge in [-0.15, -0.1) is 8.58 Å². The Kier molecular flexibility index (Phi) is 5.26. The molecular formula is C22H23P. The second kappa shape index (κ2) is 7.57. The SMILES string of the molecule is CCPCC(c1ccccc1)(c1ccccc1)c1ccccc1. The van der Waals surface area contributed by atoms with Gasteiger partial charge in [-0.1, -0.05) is 97.9 Å². The van der Waals surface area contributed by atoms with Crippen molar-refractivity contribution in [3.8, 4) is 0 Å². The Morgan fingerprint density at radius 3 is 1.26 bits per heavy atom. The lowest BCUT2D eigenvalue weighted by Crippen LogP contribution is -2.32. The van der Waals surface area contributed by atoms with E-state index < -0.39 is 0 Å². The van der Waals surface area contributed by atoms with Crippen molar-refractivity contribution < 1.29 is 0 Å². The Morgan fingerprint density at radius 1 is 0.609 bits per heavy atom. The van der Waals surface area contributed by atoms with Crippen molar-refractivity contribution in [2.24, 2.45) is 0 Å². The number of benzene rings is 3. The number of rotatable bonds is 6. The molecule has 3 aromatic carbocycles. The predicted molar refractivity (Wildman–Crippen MR) is 103 cm³/mol. The molecule has 0 amide bonds. The van der Waals surface area contributed by atoms with Crippen LogP contribution < -0.4 is 0 Å². The third-order valence-electron chi connectivity index (χ3n) is 4.44. The molecular weight excluding hydrogens is 295 g/mol. The first kappa shape index (κ1) is 16.0. The summed E-state index contributed by atoms with van der Waals surface area (Å²) in [5.41, 5.74) is 4.10. The lowest BCUT2D eigenvalue weighted by atomic mass is 9.71. The second-order valence-corrected chi connectivity index (χ2v) is 7.34. The van der Waals surface area contributed by atoms with Gasteiger partial charge in [0.05, 0.1) is 0 Å². The van der Waals surface area contributed by atoms with Crippen LogP contribution >= 0.6 is 8.58 Å². The fourth-order valence-electron chi connectivity index (χ4n) is 3.29. The van der Waals surface area contributed by atoms with Crippen molar-refractivity contribution in [3.05, 3.63) is 108 Å². The van der Waals surface area contributed by atoms with Crippen molar-refractivity contribution in [1.29, 1.82) is 0 Å². The zero-order chi connectivity index (χ0) is 16.0. The summed E-state index contributed by atoms with van der Waals surface area (Å²) >= 11 is 0. The molecule has 23 heavy (non-hydrogen) atoms. The minimum atomic E-state index is -0.0573. The average molecular weight is 318 g/mol. The van der Waals surface area contributed by atoms with Gasteiger partial charge in [0.15, 0.2) is 0 Å². The molecule has 0 N–H and O–H groups in total. The fraction of sp³-hybridized carbons (Fsp3) is 0.182. The molecule has 3 aromatic rings. The van der Waals surface area contributed by atoms with Crippen LogP contribution in [-0.2, 0) is 5.41 Å². The molecule has 0 aromatic heterocycles. The highest BCUT2D eigenvalue weighted by Gasteiger charge is 2.35. The van der Waals surface area contributed by atoms with E-state index in [9.17, 15) is 0 Å². The van der Waals surface area contributed by atoms with Crippen LogP contribution in [0.1, 0.15) is 23.6 Å². The minimum Gasteiger partial charge on any atom is -0.121 e. The molecule has 3 rings (SSSR count). The summed E-state index contributed by atoms with van der Waals surface area (Å²) in [4.78, 5) is 0. The Hall–Kier alpha value is -1.91. The Labute approximate surface area is 141 Å². The second-order valence-electron chi connectivity index (χ2n) is 5.78. The summed E-state index contributed by atoms with van der Waals surface area (Å²) in [7, 11) is 0.943. The monoisotopic (exact) mass is 318 g/mol. The van der Waals surface area contributed by atoms with E-state index in [0.29, 0.717) is 0 Å². The van der Waals surface area contributed by atoms with Crippen LogP contribution in [-0.4, -0.2) is 12.3 Å². The van der Waals surface area contributed by atoms with Crippen molar-refractivity contribution >= 4 is 8.58 Å². The zero-order valence-corrected chi connectivity index (χ0v) is 14.6. The first-order valence-corrected chi connectivity index (χ1v) is 9.66. The predicted octanol–water partition coefficient (Wildman–Crippen LogP) is 5.72. The first-order chi connectivity index (χ1) is 11.4. The van der Waals surface area contributed by atoms with Crippen LogP contribution in [0, 0.1) is 0 Å². The van der Waals surface area contributed by atoms with Crippen molar-refractivity contribution in [3.63, 3.8) is 0 Å². The lowest BCUT2D eigenvalue weighted by Gasteiger charge is -2.36. The highest BCUT2D eigenvalue weighted by Crippen LogP contribution is 2.43. The first-order valence-electron chi connectivity index (χ1n) is 8.25. The van der Waals surface area contributed by atoms with Gasteiger partial charge in [0, 0.05) is 5.41 Å². The summed E-state index contributed by atoms with van der Waals surface area (Å²) in [5.74, 6) is 0. The fourth-order valence-corrected chi connectivity index (χ4v) is 4.52. The smallest absolute Gasteiger partial charge is 0.0487 e. The average Bonchev–Trinajstić information content (AvgIpc) is 2.65. The molecule has 0 bridgehead atoms. The maximum Gasteiger partial charge on any atom is 0.0487 e. The largest absolute Gasteiger partial charge is 0.121 e. The summed E-state index contributed by atoms with van der Waals surface area (Å²) in [5, 5.41) is 0. The molecule has 0 fully saturated rings. The summed E-state index contributed by atoms with van der Waals surface area (Å²) in [6.45, 7) is 2.28. The van der Waals surface area contributed by atoms with E-state index >= 15 is 0 Å². The Morgan fingerprint density at radius 2 is 0.957 bits per heavy atom. The standard InChI is InChI=1S/C22H23P/c1-2-23-18-22(19-12-6-3-7-13-19,20-14-8-4-9-15-20)21-16-10-5-11-17-21/h3-17,23H,2,18H2,1H3. The number of hydrogen-bond acceptors (Lipinski definition) is 0. The van der Waals surface area contributed by atoms with Gasteiger partial charge in [-0.3, -0.25) is 0 Å². The highest BCUT2D eigenvalue weighted by atomic mass is 31.1. The molecule has 0 aliphatic heterocycles. The van der Waals surface area contributed by atoms with Crippen LogP contribution in [0.25, 0.3) is 0 Å². The maximum atomic E-state index is 2.28. The summed E-state index contributed by atoms with van der Waals surface area (Å²) < 4.78 is 0. The maximum absolute atomic E-state index is 2.28. The molecule has 0 heterocycles. The van der Waals surface area contributed by atoms with Gasteiger partial charge in [-0.05, 0) is 29.0 Å². The molecule has 0 aliphatic carbocycles. The minimum absolute atomic E-state index is 0.0573. The van der Waals surface area contributed by atoms with Crippen molar-refractivity contribution in [1.82, 2.24) is 0 Å². The van der Waals surface area contributed by atoms with Gasteiger partial charge in [-0.25, -0.2) is 0 Å².